The summed E-state index contributed by atoms with van der Waals surface area (Å²) in [6, 6.07) is 5.00. The fraction of sp³-hybridized carbons (Fsp3) is 0.296. The standard InChI is InChI=1S/C27H25Cl2N7O4/c1-4-21(37)33-17-5-6-40-13-18(17)34-27-32-11-15-12-36(25-22(28)19(38-2)8-20(39-3)23(25)29)26-16(24(15)35-27)7-14(9-30)10-31-26/h4,7-8,10-11,17-18H,1,5-6,12-13H2,2-3H3,(H,33,37)(H,32,34,35)/t17-,18+/m0/s1. The minimum absolute atomic E-state index is 0.194. The molecular formula is C27H25Cl2N7O4. The Balaban J connectivity index is 1.56. The van der Waals surface area contributed by atoms with Crippen LogP contribution in [0.3, 0.4) is 0 Å². The minimum atomic E-state index is -0.263. The average Bonchev–Trinajstić information content (AvgIpc) is 2.98. The third-order valence-corrected chi connectivity index (χ3v) is 7.43. The van der Waals surface area contributed by atoms with Crippen LogP contribution in [0.2, 0.25) is 10.0 Å². The average molecular weight is 582 g/mol. The molecule has 0 radical (unpaired) electrons. The molecule has 1 amide bonds. The number of ether oxygens (including phenoxy) is 3. The lowest BCUT2D eigenvalue weighted by Gasteiger charge is -2.34. The van der Waals surface area contributed by atoms with Crippen molar-refractivity contribution in [2.45, 2.75) is 25.0 Å². The number of fused-ring (bicyclic) bond motifs is 3. The number of rotatable bonds is 7. The van der Waals surface area contributed by atoms with Crippen LogP contribution >= 0.6 is 23.2 Å². The maximum atomic E-state index is 11.9. The molecule has 2 atom stereocenters. The molecule has 13 heteroatoms. The van der Waals surface area contributed by atoms with E-state index in [1.54, 1.807) is 18.3 Å². The van der Waals surface area contributed by atoms with E-state index >= 15 is 0 Å². The number of amides is 1. The fourth-order valence-corrected chi connectivity index (χ4v) is 5.44. The Kier molecular flexibility index (Phi) is 7.93. The monoisotopic (exact) mass is 581 g/mol. The molecule has 4 heterocycles. The van der Waals surface area contributed by atoms with Crippen molar-refractivity contribution in [1.82, 2.24) is 20.3 Å². The van der Waals surface area contributed by atoms with Crippen LogP contribution in [0.25, 0.3) is 11.3 Å². The summed E-state index contributed by atoms with van der Waals surface area (Å²) < 4.78 is 16.5. The molecule has 0 aliphatic carbocycles. The van der Waals surface area contributed by atoms with Gasteiger partial charge in [-0.1, -0.05) is 29.8 Å². The second-order valence-corrected chi connectivity index (χ2v) is 9.81. The number of anilines is 3. The lowest BCUT2D eigenvalue weighted by atomic mass is 10.00. The van der Waals surface area contributed by atoms with Crippen LogP contribution in [0.5, 0.6) is 11.5 Å². The molecule has 2 aromatic heterocycles. The molecule has 1 aromatic carbocycles. The van der Waals surface area contributed by atoms with E-state index in [1.165, 1.54) is 26.5 Å². The minimum Gasteiger partial charge on any atom is -0.495 e. The van der Waals surface area contributed by atoms with Gasteiger partial charge in [-0.25, -0.2) is 15.0 Å². The smallest absolute Gasteiger partial charge is 0.243 e. The normalized spacial score (nSPS) is 17.6. The Morgan fingerprint density at radius 3 is 2.62 bits per heavy atom. The highest BCUT2D eigenvalue weighted by Crippen LogP contribution is 2.51. The van der Waals surface area contributed by atoms with E-state index in [1.807, 2.05) is 4.90 Å². The van der Waals surface area contributed by atoms with Crippen LogP contribution in [0, 0.1) is 11.3 Å². The summed E-state index contributed by atoms with van der Waals surface area (Å²) in [6.45, 7) is 4.69. The van der Waals surface area contributed by atoms with Gasteiger partial charge in [0, 0.05) is 36.2 Å². The molecule has 40 heavy (non-hydrogen) atoms. The summed E-state index contributed by atoms with van der Waals surface area (Å²) in [4.78, 5) is 27.7. The van der Waals surface area contributed by atoms with Crippen molar-refractivity contribution in [3.8, 4) is 28.8 Å². The molecule has 1 saturated heterocycles. The number of halogens is 2. The number of carbonyl (C=O) groups excluding carboxylic acids is 1. The molecule has 0 spiro atoms. The first-order valence-electron chi connectivity index (χ1n) is 12.3. The van der Waals surface area contributed by atoms with E-state index in [0.717, 1.165) is 5.56 Å². The van der Waals surface area contributed by atoms with Crippen LogP contribution in [-0.2, 0) is 16.1 Å². The number of pyridine rings is 1. The molecule has 5 rings (SSSR count). The van der Waals surface area contributed by atoms with Gasteiger partial charge in [-0.15, -0.1) is 0 Å². The second-order valence-electron chi connectivity index (χ2n) is 9.05. The number of nitriles is 1. The summed E-state index contributed by atoms with van der Waals surface area (Å²) in [5, 5.41) is 16.4. The van der Waals surface area contributed by atoms with E-state index in [0.29, 0.717) is 65.4 Å². The molecule has 3 aromatic rings. The van der Waals surface area contributed by atoms with Gasteiger partial charge in [0.15, 0.2) is 0 Å². The van der Waals surface area contributed by atoms with E-state index < -0.39 is 0 Å². The first-order chi connectivity index (χ1) is 19.4. The van der Waals surface area contributed by atoms with Crippen LogP contribution in [0.15, 0.2) is 37.2 Å². The number of benzene rings is 1. The van der Waals surface area contributed by atoms with Crippen molar-refractivity contribution in [3.05, 3.63) is 58.4 Å². The zero-order valence-corrected chi connectivity index (χ0v) is 23.2. The molecule has 1 fully saturated rings. The summed E-state index contributed by atoms with van der Waals surface area (Å²) >= 11 is 13.5. The quantitative estimate of drug-likeness (QED) is 0.389. The number of carbonyl (C=O) groups is 1. The van der Waals surface area contributed by atoms with Crippen molar-refractivity contribution in [2.75, 3.05) is 37.7 Å². The van der Waals surface area contributed by atoms with E-state index in [4.69, 9.17) is 42.4 Å². The highest BCUT2D eigenvalue weighted by atomic mass is 35.5. The third-order valence-electron chi connectivity index (χ3n) is 6.70. The van der Waals surface area contributed by atoms with E-state index in [-0.39, 0.29) is 34.6 Å². The predicted octanol–water partition coefficient (Wildman–Crippen LogP) is 4.26. The van der Waals surface area contributed by atoms with Gasteiger partial charge >= 0.3 is 0 Å². The zero-order valence-electron chi connectivity index (χ0n) is 21.7. The number of hydrogen-bond donors (Lipinski definition) is 2. The molecular weight excluding hydrogens is 557 g/mol. The Labute approximate surface area is 240 Å². The van der Waals surface area contributed by atoms with Gasteiger partial charge in [-0.3, -0.25) is 4.79 Å². The molecule has 2 N–H and O–H groups in total. The molecule has 0 unspecified atom stereocenters. The van der Waals surface area contributed by atoms with Gasteiger partial charge in [-0.2, -0.15) is 5.26 Å². The Morgan fingerprint density at radius 2 is 1.95 bits per heavy atom. The Hall–Kier alpha value is -4.11. The predicted molar refractivity (Wildman–Crippen MR) is 150 cm³/mol. The molecule has 11 nitrogen and oxygen atoms in total. The van der Waals surface area contributed by atoms with E-state index in [2.05, 4.69) is 33.2 Å². The summed E-state index contributed by atoms with van der Waals surface area (Å²) in [6.07, 6.45) is 5.03. The van der Waals surface area contributed by atoms with Crippen molar-refractivity contribution in [1.29, 1.82) is 5.26 Å². The number of nitrogens with zero attached hydrogens (tertiary/aromatic N) is 5. The number of methoxy groups -OCH3 is 2. The molecule has 2 aliphatic heterocycles. The molecule has 0 bridgehead atoms. The number of hydrogen-bond acceptors (Lipinski definition) is 10. The highest BCUT2D eigenvalue weighted by molar-refractivity contribution is 6.41. The van der Waals surface area contributed by atoms with Gasteiger partial charge in [0.1, 0.15) is 33.4 Å². The van der Waals surface area contributed by atoms with Gasteiger partial charge in [0.05, 0.1) is 56.4 Å². The van der Waals surface area contributed by atoms with Crippen molar-refractivity contribution in [3.63, 3.8) is 0 Å². The van der Waals surface area contributed by atoms with Crippen LogP contribution in [-0.4, -0.2) is 60.4 Å². The van der Waals surface area contributed by atoms with Crippen LogP contribution in [0.4, 0.5) is 17.5 Å². The van der Waals surface area contributed by atoms with E-state index in [9.17, 15) is 10.1 Å². The first kappa shape index (κ1) is 27.5. The van der Waals surface area contributed by atoms with Crippen molar-refractivity contribution in [2.24, 2.45) is 0 Å². The Morgan fingerprint density at radius 1 is 1.20 bits per heavy atom. The summed E-state index contributed by atoms with van der Waals surface area (Å²) in [5.41, 5.74) is 2.73. The number of nitrogens with one attached hydrogen (secondary N) is 2. The van der Waals surface area contributed by atoms with Crippen molar-refractivity contribution >= 4 is 46.6 Å². The maximum Gasteiger partial charge on any atom is 0.243 e. The van der Waals surface area contributed by atoms with Crippen LogP contribution in [0.1, 0.15) is 17.5 Å². The number of aromatic nitrogens is 3. The third kappa shape index (κ3) is 5.09. The Bertz CT molecular complexity index is 1500. The summed E-state index contributed by atoms with van der Waals surface area (Å²) in [5.74, 6) is 1.33. The van der Waals surface area contributed by atoms with Crippen LogP contribution < -0.4 is 25.0 Å². The lowest BCUT2D eigenvalue weighted by Crippen LogP contribution is -2.52. The maximum absolute atomic E-state index is 11.9. The van der Waals surface area contributed by atoms with Gasteiger partial charge in [0.2, 0.25) is 11.9 Å². The molecule has 206 valence electrons. The molecule has 0 saturated carbocycles. The second kappa shape index (κ2) is 11.6. The van der Waals surface area contributed by atoms with Crippen molar-refractivity contribution < 1.29 is 19.0 Å². The molecule has 2 aliphatic rings. The summed E-state index contributed by atoms with van der Waals surface area (Å²) in [7, 11) is 3.00. The topological polar surface area (TPSA) is 135 Å². The van der Waals surface area contributed by atoms with Gasteiger partial charge in [-0.05, 0) is 18.6 Å². The lowest BCUT2D eigenvalue weighted by molar-refractivity contribution is -0.117. The first-order valence-corrected chi connectivity index (χ1v) is 13.0. The largest absolute Gasteiger partial charge is 0.495 e. The van der Waals surface area contributed by atoms with Gasteiger partial charge in [0.25, 0.3) is 0 Å². The SMILES string of the molecule is C=CC(=O)N[C@H]1CCOC[C@H]1Nc1ncc2c(n1)-c1cc(C#N)cnc1N(c1c(Cl)c(OC)cc(OC)c1Cl)C2. The van der Waals surface area contributed by atoms with Gasteiger partial charge < -0.3 is 29.7 Å². The fourth-order valence-electron chi connectivity index (χ4n) is 4.73. The zero-order chi connectivity index (χ0) is 28.4. The highest BCUT2D eigenvalue weighted by Gasteiger charge is 2.33.